The number of hydrogen-bond acceptors (Lipinski definition) is 2. The molecule has 0 radical (unpaired) electrons. The highest BCUT2D eigenvalue weighted by molar-refractivity contribution is 6.01. The van der Waals surface area contributed by atoms with Crippen LogP contribution >= 0.6 is 0 Å². The van der Waals surface area contributed by atoms with Gasteiger partial charge in [0, 0.05) is 5.39 Å². The van der Waals surface area contributed by atoms with Crippen molar-refractivity contribution in [2.45, 2.75) is 26.7 Å². The lowest BCUT2D eigenvalue weighted by molar-refractivity contribution is 0.0690. The lowest BCUT2D eigenvalue weighted by atomic mass is 9.96. The van der Waals surface area contributed by atoms with Crippen LogP contribution in [0.25, 0.3) is 10.9 Å². The number of H-pyrrole nitrogens is 1. The van der Waals surface area contributed by atoms with E-state index >= 15 is 0 Å². The van der Waals surface area contributed by atoms with Crippen LogP contribution < -0.4 is 4.74 Å². The second-order valence-electron chi connectivity index (χ2n) is 4.71. The van der Waals surface area contributed by atoms with Crippen molar-refractivity contribution in [1.82, 2.24) is 4.98 Å². The van der Waals surface area contributed by atoms with Crippen molar-refractivity contribution in [3.05, 3.63) is 29.0 Å². The molecule has 4 heteroatoms. The number of aryl methyl sites for hydroxylation is 1. The molecule has 0 aliphatic carbocycles. The van der Waals surface area contributed by atoms with Gasteiger partial charge < -0.3 is 14.8 Å². The molecule has 1 aromatic heterocycles. The first kappa shape index (κ1) is 12.5. The third kappa shape index (κ3) is 1.74. The van der Waals surface area contributed by atoms with Crippen LogP contribution in [0.3, 0.4) is 0 Å². The van der Waals surface area contributed by atoms with Crippen molar-refractivity contribution < 1.29 is 14.6 Å². The molecule has 2 rings (SSSR count). The van der Waals surface area contributed by atoms with Gasteiger partial charge in [-0.1, -0.05) is 19.9 Å². The summed E-state index contributed by atoms with van der Waals surface area (Å²) in [5, 5.41) is 10.3. The Morgan fingerprint density at radius 3 is 2.56 bits per heavy atom. The van der Waals surface area contributed by atoms with Gasteiger partial charge in [-0.15, -0.1) is 0 Å². The van der Waals surface area contributed by atoms with Gasteiger partial charge in [-0.2, -0.15) is 0 Å². The summed E-state index contributed by atoms with van der Waals surface area (Å²) in [5.41, 5.74) is 2.92. The van der Waals surface area contributed by atoms with Crippen molar-refractivity contribution >= 4 is 16.9 Å². The molecule has 96 valence electrons. The van der Waals surface area contributed by atoms with Crippen LogP contribution in [0.5, 0.6) is 5.75 Å². The average Bonchev–Trinajstić information content (AvgIpc) is 2.71. The zero-order valence-corrected chi connectivity index (χ0v) is 11.0. The van der Waals surface area contributed by atoms with E-state index in [-0.39, 0.29) is 11.6 Å². The molecule has 4 nitrogen and oxygen atoms in total. The minimum atomic E-state index is -0.934. The highest BCUT2D eigenvalue weighted by Gasteiger charge is 2.22. The van der Waals surface area contributed by atoms with Gasteiger partial charge in [-0.3, -0.25) is 0 Å². The number of aromatic carboxylic acids is 1. The van der Waals surface area contributed by atoms with Crippen LogP contribution in [-0.2, 0) is 0 Å². The second-order valence-corrected chi connectivity index (χ2v) is 4.71. The number of hydrogen-bond donors (Lipinski definition) is 2. The van der Waals surface area contributed by atoms with Crippen molar-refractivity contribution in [2.24, 2.45) is 0 Å². The Morgan fingerprint density at radius 1 is 1.39 bits per heavy atom. The third-order valence-electron chi connectivity index (χ3n) is 3.18. The van der Waals surface area contributed by atoms with Gasteiger partial charge in [0.2, 0.25) is 0 Å². The number of aromatic amines is 1. The number of benzene rings is 1. The maximum absolute atomic E-state index is 11.3. The van der Waals surface area contributed by atoms with E-state index in [2.05, 4.69) is 4.98 Å². The maximum atomic E-state index is 11.3. The number of ether oxygens (including phenoxy) is 1. The zero-order valence-electron chi connectivity index (χ0n) is 11.0. The Labute approximate surface area is 106 Å². The number of methoxy groups -OCH3 is 1. The molecule has 0 saturated heterocycles. The zero-order chi connectivity index (χ0) is 13.4. The van der Waals surface area contributed by atoms with Crippen molar-refractivity contribution in [1.29, 1.82) is 0 Å². The largest absolute Gasteiger partial charge is 0.495 e. The summed E-state index contributed by atoms with van der Waals surface area (Å²) in [7, 11) is 1.58. The molecule has 2 N–H and O–H groups in total. The van der Waals surface area contributed by atoms with Crippen LogP contribution in [0.2, 0.25) is 0 Å². The highest BCUT2D eigenvalue weighted by Crippen LogP contribution is 2.36. The van der Waals surface area contributed by atoms with Crippen LogP contribution in [-0.4, -0.2) is 23.2 Å². The quantitative estimate of drug-likeness (QED) is 0.874. The molecule has 0 atom stereocenters. The molecule has 0 aliphatic heterocycles. The number of carboxylic acid groups (broad SMARTS) is 1. The third-order valence-corrected chi connectivity index (χ3v) is 3.18. The fourth-order valence-electron chi connectivity index (χ4n) is 2.39. The molecular weight excluding hydrogens is 230 g/mol. The van der Waals surface area contributed by atoms with E-state index in [1.807, 2.05) is 32.9 Å². The van der Waals surface area contributed by atoms with Gasteiger partial charge in [0.25, 0.3) is 0 Å². The summed E-state index contributed by atoms with van der Waals surface area (Å²) < 4.78 is 5.29. The fourth-order valence-corrected chi connectivity index (χ4v) is 2.39. The minimum absolute atomic E-state index is 0.135. The number of carboxylic acids is 1. The van der Waals surface area contributed by atoms with E-state index in [4.69, 9.17) is 4.74 Å². The molecule has 0 unspecified atom stereocenters. The van der Waals surface area contributed by atoms with Gasteiger partial charge >= 0.3 is 5.97 Å². The Hall–Kier alpha value is -1.97. The van der Waals surface area contributed by atoms with E-state index in [1.54, 1.807) is 7.11 Å². The van der Waals surface area contributed by atoms with Crippen molar-refractivity contribution in [3.63, 3.8) is 0 Å². The second kappa shape index (κ2) is 4.37. The van der Waals surface area contributed by atoms with Crippen LogP contribution in [0, 0.1) is 6.92 Å². The van der Waals surface area contributed by atoms with E-state index in [1.165, 1.54) is 0 Å². The molecule has 0 fully saturated rings. The SMILES string of the molecule is COc1ccc(C)c2c(C(C)C)c(C(=O)O)[nH]c12. The molecule has 1 aromatic carbocycles. The summed E-state index contributed by atoms with van der Waals surface area (Å²) in [6.45, 7) is 5.97. The number of rotatable bonds is 3. The summed E-state index contributed by atoms with van der Waals surface area (Å²) in [4.78, 5) is 14.3. The molecule has 0 saturated carbocycles. The maximum Gasteiger partial charge on any atom is 0.352 e. The van der Waals surface area contributed by atoms with Gasteiger partial charge in [-0.05, 0) is 30.0 Å². The molecule has 18 heavy (non-hydrogen) atoms. The number of aromatic nitrogens is 1. The molecule has 0 spiro atoms. The summed E-state index contributed by atoms with van der Waals surface area (Å²) in [5.74, 6) is -0.128. The van der Waals surface area contributed by atoms with Crippen LogP contribution in [0.15, 0.2) is 12.1 Å². The van der Waals surface area contributed by atoms with E-state index in [0.717, 1.165) is 22.0 Å². The first-order chi connectivity index (χ1) is 8.47. The Kier molecular flexibility index (Phi) is 3.03. The number of fused-ring (bicyclic) bond motifs is 1. The Morgan fingerprint density at radius 2 is 2.06 bits per heavy atom. The monoisotopic (exact) mass is 247 g/mol. The van der Waals surface area contributed by atoms with E-state index in [0.29, 0.717) is 5.75 Å². The summed E-state index contributed by atoms with van der Waals surface area (Å²) >= 11 is 0. The lowest BCUT2D eigenvalue weighted by Gasteiger charge is -2.08. The first-order valence-electron chi connectivity index (χ1n) is 5.89. The first-order valence-corrected chi connectivity index (χ1v) is 5.89. The van der Waals surface area contributed by atoms with Gasteiger partial charge in [-0.25, -0.2) is 4.79 Å². The van der Waals surface area contributed by atoms with Gasteiger partial charge in [0.15, 0.2) is 0 Å². The predicted octanol–water partition coefficient (Wildman–Crippen LogP) is 3.31. The molecule has 0 bridgehead atoms. The van der Waals surface area contributed by atoms with Crippen molar-refractivity contribution in [3.8, 4) is 5.75 Å². The Bertz CT molecular complexity index is 611. The molecule has 0 amide bonds. The Balaban J connectivity index is 2.92. The topological polar surface area (TPSA) is 62.3 Å². The predicted molar refractivity (Wildman–Crippen MR) is 70.6 cm³/mol. The minimum Gasteiger partial charge on any atom is -0.495 e. The van der Waals surface area contributed by atoms with Gasteiger partial charge in [0.05, 0.1) is 12.6 Å². The lowest BCUT2D eigenvalue weighted by Crippen LogP contribution is -2.02. The fraction of sp³-hybridized carbons (Fsp3) is 0.357. The normalized spacial score (nSPS) is 11.2. The van der Waals surface area contributed by atoms with E-state index < -0.39 is 5.97 Å². The standard InChI is InChI=1S/C14H17NO3/c1-7(2)10-11-8(3)5-6-9(18-4)12(11)15-13(10)14(16)17/h5-7,15H,1-4H3,(H,16,17). The molecule has 1 heterocycles. The van der Waals surface area contributed by atoms with Crippen molar-refractivity contribution in [2.75, 3.05) is 7.11 Å². The smallest absolute Gasteiger partial charge is 0.352 e. The van der Waals surface area contributed by atoms with Crippen LogP contribution in [0.4, 0.5) is 0 Å². The number of nitrogens with one attached hydrogen (secondary N) is 1. The van der Waals surface area contributed by atoms with Gasteiger partial charge in [0.1, 0.15) is 11.4 Å². The number of carbonyl (C=O) groups is 1. The summed E-state index contributed by atoms with van der Waals surface area (Å²) in [6, 6.07) is 3.80. The summed E-state index contributed by atoms with van der Waals surface area (Å²) in [6.07, 6.45) is 0. The highest BCUT2D eigenvalue weighted by atomic mass is 16.5. The van der Waals surface area contributed by atoms with E-state index in [9.17, 15) is 9.90 Å². The average molecular weight is 247 g/mol. The molecule has 2 aromatic rings. The molecule has 0 aliphatic rings. The van der Waals surface area contributed by atoms with Crippen LogP contribution in [0.1, 0.15) is 41.4 Å². The molecular formula is C14H17NO3.